The van der Waals surface area contributed by atoms with E-state index in [0.29, 0.717) is 26.3 Å². The Morgan fingerprint density at radius 1 is 1.24 bits per heavy atom. The number of nitrogens with one attached hydrogen (secondary N) is 1. The topological polar surface area (TPSA) is 58.6 Å². The molecule has 0 saturated carbocycles. The van der Waals surface area contributed by atoms with Crippen molar-refractivity contribution in [3.63, 3.8) is 0 Å². The third-order valence-electron chi connectivity index (χ3n) is 3.68. The first kappa shape index (κ1) is 15.7. The number of imide groups is 1. The molecular weight excluding hydrogens is 268 g/mol. The summed E-state index contributed by atoms with van der Waals surface area (Å²) in [5, 5.41) is 3.19. The van der Waals surface area contributed by atoms with Crippen LogP contribution in [0.5, 0.6) is 0 Å². The van der Waals surface area contributed by atoms with Gasteiger partial charge in [-0.25, -0.2) is 0 Å². The van der Waals surface area contributed by atoms with Crippen molar-refractivity contribution in [3.05, 3.63) is 35.4 Å². The number of likely N-dealkylation sites (N-methyl/N-ethyl adjacent to an activating group) is 1. The van der Waals surface area contributed by atoms with Crippen LogP contribution in [0.2, 0.25) is 0 Å². The van der Waals surface area contributed by atoms with E-state index in [0.717, 1.165) is 11.1 Å². The van der Waals surface area contributed by atoms with Gasteiger partial charge in [0.05, 0.1) is 19.1 Å². The number of hydrogen-bond donors (Lipinski definition) is 1. The standard InChI is InChI=1S/C16H22N2O3/c1-3-18-15(19)9-14(16(18)20)17-10-12-7-5-6-8-13(12)11-21-4-2/h5-8,14,17H,3-4,9-11H2,1-2H3. The molecule has 2 amide bonds. The summed E-state index contributed by atoms with van der Waals surface area (Å²) in [6, 6.07) is 7.57. The van der Waals surface area contributed by atoms with Crippen LogP contribution in [0.25, 0.3) is 0 Å². The summed E-state index contributed by atoms with van der Waals surface area (Å²) < 4.78 is 5.45. The lowest BCUT2D eigenvalue weighted by Crippen LogP contribution is -2.38. The first-order valence-corrected chi connectivity index (χ1v) is 7.39. The smallest absolute Gasteiger partial charge is 0.246 e. The number of ether oxygens (including phenoxy) is 1. The normalized spacial score (nSPS) is 18.6. The maximum Gasteiger partial charge on any atom is 0.246 e. The number of likely N-dealkylation sites (tertiary alicyclic amines) is 1. The molecule has 0 aromatic heterocycles. The van der Waals surface area contributed by atoms with Gasteiger partial charge in [-0.3, -0.25) is 14.5 Å². The maximum absolute atomic E-state index is 12.0. The van der Waals surface area contributed by atoms with Crippen LogP contribution in [-0.2, 0) is 27.5 Å². The van der Waals surface area contributed by atoms with Crippen LogP contribution in [0.1, 0.15) is 31.4 Å². The molecule has 1 saturated heterocycles. The van der Waals surface area contributed by atoms with E-state index in [1.54, 1.807) is 0 Å². The fourth-order valence-electron chi connectivity index (χ4n) is 2.49. The molecule has 2 rings (SSSR count). The average Bonchev–Trinajstić information content (AvgIpc) is 2.77. The maximum atomic E-state index is 12.0. The Balaban J connectivity index is 1.97. The largest absolute Gasteiger partial charge is 0.377 e. The summed E-state index contributed by atoms with van der Waals surface area (Å²) in [6.07, 6.45) is 0.250. The van der Waals surface area contributed by atoms with Crippen molar-refractivity contribution >= 4 is 11.8 Å². The van der Waals surface area contributed by atoms with Crippen LogP contribution in [0.3, 0.4) is 0 Å². The predicted octanol–water partition coefficient (Wildman–Crippen LogP) is 1.46. The first-order valence-electron chi connectivity index (χ1n) is 7.39. The quantitative estimate of drug-likeness (QED) is 0.772. The van der Waals surface area contributed by atoms with E-state index in [1.807, 2.05) is 38.1 Å². The molecule has 5 nitrogen and oxygen atoms in total. The number of carbonyl (C=O) groups excluding carboxylic acids is 2. The lowest BCUT2D eigenvalue weighted by molar-refractivity contribution is -0.138. The summed E-state index contributed by atoms with van der Waals surface area (Å²) in [5.74, 6) is -0.215. The van der Waals surface area contributed by atoms with Gasteiger partial charge in [0.25, 0.3) is 0 Å². The molecular formula is C16H22N2O3. The van der Waals surface area contributed by atoms with E-state index in [-0.39, 0.29) is 18.2 Å². The van der Waals surface area contributed by atoms with Gasteiger partial charge in [0, 0.05) is 19.7 Å². The summed E-state index contributed by atoms with van der Waals surface area (Å²) >= 11 is 0. The zero-order valence-electron chi connectivity index (χ0n) is 12.6. The van der Waals surface area contributed by atoms with Crippen molar-refractivity contribution in [1.82, 2.24) is 10.2 Å². The molecule has 0 bridgehead atoms. The fourth-order valence-corrected chi connectivity index (χ4v) is 2.49. The first-order chi connectivity index (χ1) is 10.2. The zero-order chi connectivity index (χ0) is 15.2. The van der Waals surface area contributed by atoms with E-state index in [4.69, 9.17) is 4.74 Å². The highest BCUT2D eigenvalue weighted by molar-refractivity contribution is 6.05. The molecule has 1 aromatic rings. The third kappa shape index (κ3) is 3.68. The molecule has 1 fully saturated rings. The van der Waals surface area contributed by atoms with E-state index in [1.165, 1.54) is 4.90 Å². The van der Waals surface area contributed by atoms with E-state index in [2.05, 4.69) is 5.32 Å². The number of hydrogen-bond acceptors (Lipinski definition) is 4. The Morgan fingerprint density at radius 3 is 2.57 bits per heavy atom. The Hall–Kier alpha value is -1.72. The number of carbonyl (C=O) groups is 2. The highest BCUT2D eigenvalue weighted by atomic mass is 16.5. The molecule has 0 radical (unpaired) electrons. The van der Waals surface area contributed by atoms with Gasteiger partial charge in [-0.05, 0) is 25.0 Å². The highest BCUT2D eigenvalue weighted by Gasteiger charge is 2.36. The molecule has 21 heavy (non-hydrogen) atoms. The molecule has 1 aliphatic heterocycles. The highest BCUT2D eigenvalue weighted by Crippen LogP contribution is 2.15. The minimum absolute atomic E-state index is 0.0948. The van der Waals surface area contributed by atoms with Crippen LogP contribution in [0, 0.1) is 0 Å². The SMILES string of the molecule is CCOCc1ccccc1CNC1CC(=O)N(CC)C1=O. The number of rotatable bonds is 7. The van der Waals surface area contributed by atoms with Crippen LogP contribution < -0.4 is 5.32 Å². The van der Waals surface area contributed by atoms with E-state index in [9.17, 15) is 9.59 Å². The predicted molar refractivity (Wildman–Crippen MR) is 79.4 cm³/mol. The van der Waals surface area contributed by atoms with Gasteiger partial charge in [0.15, 0.2) is 0 Å². The van der Waals surface area contributed by atoms with Gasteiger partial charge < -0.3 is 10.1 Å². The molecule has 1 heterocycles. The van der Waals surface area contributed by atoms with Gasteiger partial charge in [-0.2, -0.15) is 0 Å². The van der Waals surface area contributed by atoms with Crippen LogP contribution in [0.4, 0.5) is 0 Å². The van der Waals surface area contributed by atoms with Crippen molar-refractivity contribution in [2.45, 2.75) is 39.5 Å². The van der Waals surface area contributed by atoms with Gasteiger partial charge in [-0.15, -0.1) is 0 Å². The fraction of sp³-hybridized carbons (Fsp3) is 0.500. The van der Waals surface area contributed by atoms with Crippen molar-refractivity contribution < 1.29 is 14.3 Å². The molecule has 1 unspecified atom stereocenters. The van der Waals surface area contributed by atoms with Gasteiger partial charge in [0.2, 0.25) is 11.8 Å². The Bertz CT molecular complexity index is 516. The van der Waals surface area contributed by atoms with E-state index >= 15 is 0 Å². The minimum Gasteiger partial charge on any atom is -0.377 e. The number of amides is 2. The van der Waals surface area contributed by atoms with Gasteiger partial charge in [-0.1, -0.05) is 24.3 Å². The monoisotopic (exact) mass is 290 g/mol. The Morgan fingerprint density at radius 2 is 1.95 bits per heavy atom. The number of benzene rings is 1. The van der Waals surface area contributed by atoms with Gasteiger partial charge >= 0.3 is 0 Å². The van der Waals surface area contributed by atoms with Crippen molar-refractivity contribution in [1.29, 1.82) is 0 Å². The van der Waals surface area contributed by atoms with E-state index < -0.39 is 6.04 Å². The second-order valence-electron chi connectivity index (χ2n) is 5.02. The second-order valence-corrected chi connectivity index (χ2v) is 5.02. The Labute approximate surface area is 125 Å². The number of nitrogens with zero attached hydrogens (tertiary/aromatic N) is 1. The molecule has 5 heteroatoms. The summed E-state index contributed by atoms with van der Waals surface area (Å²) in [5.41, 5.74) is 2.21. The van der Waals surface area contributed by atoms with Crippen molar-refractivity contribution in [2.75, 3.05) is 13.2 Å². The summed E-state index contributed by atoms with van der Waals surface area (Å²) in [7, 11) is 0. The van der Waals surface area contributed by atoms with Gasteiger partial charge in [0.1, 0.15) is 0 Å². The third-order valence-corrected chi connectivity index (χ3v) is 3.68. The zero-order valence-corrected chi connectivity index (χ0v) is 12.6. The van der Waals surface area contributed by atoms with Crippen LogP contribution in [0.15, 0.2) is 24.3 Å². The van der Waals surface area contributed by atoms with Crippen LogP contribution >= 0.6 is 0 Å². The molecule has 1 N–H and O–H groups in total. The Kier molecular flexibility index (Phi) is 5.47. The molecule has 0 aliphatic carbocycles. The lowest BCUT2D eigenvalue weighted by Gasteiger charge is -2.15. The molecule has 1 aromatic carbocycles. The summed E-state index contributed by atoms with van der Waals surface area (Å²) in [6.45, 7) is 6.01. The van der Waals surface area contributed by atoms with Crippen LogP contribution in [-0.4, -0.2) is 35.9 Å². The minimum atomic E-state index is -0.405. The second kappa shape index (κ2) is 7.33. The lowest BCUT2D eigenvalue weighted by atomic mass is 10.1. The molecule has 114 valence electrons. The molecule has 0 spiro atoms. The van der Waals surface area contributed by atoms with Crippen molar-refractivity contribution in [2.24, 2.45) is 0 Å². The summed E-state index contributed by atoms with van der Waals surface area (Å²) in [4.78, 5) is 25.0. The van der Waals surface area contributed by atoms with Crippen molar-refractivity contribution in [3.8, 4) is 0 Å². The average molecular weight is 290 g/mol. The molecule has 1 aliphatic rings. The molecule has 1 atom stereocenters.